The molecule has 6 heteroatoms. The summed E-state index contributed by atoms with van der Waals surface area (Å²) in [6, 6.07) is 0. The third-order valence-corrected chi connectivity index (χ3v) is 1.35. The SMILES string of the molecule is CC(C)(C)CC(=O)[O-].CC(C)(C)CC(=O)[O-].[NH4+].[NH4+]. The third kappa shape index (κ3) is 36.4. The average molecular weight is 266 g/mol. The van der Waals surface area contributed by atoms with E-state index in [2.05, 4.69) is 0 Å². The van der Waals surface area contributed by atoms with E-state index in [-0.39, 0.29) is 36.0 Å². The van der Waals surface area contributed by atoms with Gasteiger partial charge >= 0.3 is 0 Å². The maximum Gasteiger partial charge on any atom is 0.0419 e. The second kappa shape index (κ2) is 9.85. The number of carbonyl (C=O) groups is 2. The number of carbonyl (C=O) groups excluding carboxylic acids is 2. The fourth-order valence-corrected chi connectivity index (χ4v) is 0.866. The summed E-state index contributed by atoms with van der Waals surface area (Å²) in [6.45, 7) is 11.2. The van der Waals surface area contributed by atoms with Crippen molar-refractivity contribution in [1.82, 2.24) is 12.3 Å². The molecule has 0 fully saturated rings. The maximum absolute atomic E-state index is 9.90. The fourth-order valence-electron chi connectivity index (χ4n) is 0.866. The van der Waals surface area contributed by atoms with Crippen LogP contribution in [0, 0.1) is 10.8 Å². The van der Waals surface area contributed by atoms with Crippen LogP contribution in [0.2, 0.25) is 0 Å². The van der Waals surface area contributed by atoms with E-state index in [1.54, 1.807) is 0 Å². The molecular formula is C12H30N2O4. The molecule has 0 spiro atoms. The van der Waals surface area contributed by atoms with Crippen LogP contribution in [0.4, 0.5) is 0 Å². The number of aliphatic carboxylic acids is 2. The summed E-state index contributed by atoms with van der Waals surface area (Å²) >= 11 is 0. The van der Waals surface area contributed by atoms with Gasteiger partial charge in [0.15, 0.2) is 0 Å². The van der Waals surface area contributed by atoms with Crippen LogP contribution in [0.25, 0.3) is 0 Å². The minimum absolute atomic E-state index is 0. The molecule has 0 amide bonds. The van der Waals surface area contributed by atoms with E-state index >= 15 is 0 Å². The summed E-state index contributed by atoms with van der Waals surface area (Å²) in [7, 11) is 0. The van der Waals surface area contributed by atoms with E-state index in [9.17, 15) is 19.8 Å². The van der Waals surface area contributed by atoms with Crippen LogP contribution in [0.15, 0.2) is 0 Å². The van der Waals surface area contributed by atoms with E-state index in [0.717, 1.165) is 0 Å². The fraction of sp³-hybridized carbons (Fsp3) is 0.833. The highest BCUT2D eigenvalue weighted by Crippen LogP contribution is 2.17. The van der Waals surface area contributed by atoms with Crippen molar-refractivity contribution in [3.8, 4) is 0 Å². The smallest absolute Gasteiger partial charge is 0.0419 e. The van der Waals surface area contributed by atoms with Gasteiger partial charge in [0, 0.05) is 11.9 Å². The van der Waals surface area contributed by atoms with Crippen LogP contribution >= 0.6 is 0 Å². The zero-order valence-corrected chi connectivity index (χ0v) is 13.0. The number of hydrogen-bond acceptors (Lipinski definition) is 4. The van der Waals surface area contributed by atoms with Crippen molar-refractivity contribution in [3.05, 3.63) is 0 Å². The van der Waals surface area contributed by atoms with Gasteiger partial charge in [0.2, 0.25) is 0 Å². The molecule has 0 atom stereocenters. The molecule has 0 aromatic rings. The number of quaternary nitrogens is 2. The molecular weight excluding hydrogens is 236 g/mol. The lowest BCUT2D eigenvalue weighted by Gasteiger charge is -2.17. The summed E-state index contributed by atoms with van der Waals surface area (Å²) < 4.78 is 0. The van der Waals surface area contributed by atoms with E-state index in [1.807, 2.05) is 41.5 Å². The van der Waals surface area contributed by atoms with Gasteiger partial charge in [-0.05, 0) is 23.7 Å². The molecule has 0 aliphatic rings. The standard InChI is InChI=1S/2C6H12O2.2H3N/c2*1-6(2,3)4-5(7)8;;/h2*4H2,1-3H3,(H,7,8);2*1H3. The summed E-state index contributed by atoms with van der Waals surface area (Å²) in [4.78, 5) is 19.8. The van der Waals surface area contributed by atoms with Crippen molar-refractivity contribution in [2.75, 3.05) is 0 Å². The van der Waals surface area contributed by atoms with Crippen LogP contribution < -0.4 is 22.5 Å². The Hall–Kier alpha value is -1.14. The van der Waals surface area contributed by atoms with Crippen LogP contribution in [0.3, 0.4) is 0 Å². The van der Waals surface area contributed by atoms with Gasteiger partial charge < -0.3 is 32.1 Å². The molecule has 0 heterocycles. The topological polar surface area (TPSA) is 153 Å². The average Bonchev–Trinajstić information content (AvgIpc) is 1.72. The lowest BCUT2D eigenvalue weighted by molar-refractivity contribution is -0.309. The van der Waals surface area contributed by atoms with Gasteiger partial charge in [-0.25, -0.2) is 0 Å². The second-order valence-electron chi connectivity index (χ2n) is 6.22. The van der Waals surface area contributed by atoms with Gasteiger partial charge in [0.1, 0.15) is 0 Å². The van der Waals surface area contributed by atoms with Crippen LogP contribution in [-0.4, -0.2) is 11.9 Å². The zero-order valence-electron chi connectivity index (χ0n) is 13.0. The Morgan fingerprint density at radius 2 is 0.889 bits per heavy atom. The van der Waals surface area contributed by atoms with Crippen molar-refractivity contribution >= 4 is 11.9 Å². The summed E-state index contributed by atoms with van der Waals surface area (Å²) in [5, 5.41) is 19.8. The van der Waals surface area contributed by atoms with Gasteiger partial charge in [0.25, 0.3) is 0 Å². The highest BCUT2D eigenvalue weighted by Gasteiger charge is 2.09. The Bertz CT molecular complexity index is 213. The van der Waals surface area contributed by atoms with Crippen molar-refractivity contribution < 1.29 is 19.8 Å². The van der Waals surface area contributed by atoms with Gasteiger partial charge in [-0.15, -0.1) is 0 Å². The summed E-state index contributed by atoms with van der Waals surface area (Å²) in [5.41, 5.74) is -0.280. The van der Waals surface area contributed by atoms with Crippen LogP contribution in [-0.2, 0) is 9.59 Å². The third-order valence-electron chi connectivity index (χ3n) is 1.35. The lowest BCUT2D eigenvalue weighted by Crippen LogP contribution is -2.27. The largest absolute Gasteiger partial charge is 0.550 e. The lowest BCUT2D eigenvalue weighted by atomic mass is 9.93. The van der Waals surface area contributed by atoms with Crippen molar-refractivity contribution in [3.63, 3.8) is 0 Å². The zero-order chi connectivity index (χ0) is 13.6. The first-order valence-corrected chi connectivity index (χ1v) is 5.23. The number of carboxylic acids is 2. The Morgan fingerprint density at radius 3 is 0.889 bits per heavy atom. The van der Waals surface area contributed by atoms with Gasteiger partial charge in [-0.1, -0.05) is 41.5 Å². The molecule has 112 valence electrons. The van der Waals surface area contributed by atoms with Crippen molar-refractivity contribution in [1.29, 1.82) is 0 Å². The summed E-state index contributed by atoms with van der Waals surface area (Å²) in [6.07, 6.45) is 0.264. The molecule has 0 aliphatic carbocycles. The number of rotatable bonds is 2. The van der Waals surface area contributed by atoms with Gasteiger partial charge in [0.05, 0.1) is 0 Å². The second-order valence-corrected chi connectivity index (χ2v) is 6.22. The minimum atomic E-state index is -0.975. The van der Waals surface area contributed by atoms with Gasteiger partial charge in [-0.3, -0.25) is 0 Å². The van der Waals surface area contributed by atoms with E-state index in [4.69, 9.17) is 0 Å². The van der Waals surface area contributed by atoms with Crippen LogP contribution in [0.1, 0.15) is 54.4 Å². The molecule has 8 N–H and O–H groups in total. The number of carboxylic acid groups (broad SMARTS) is 2. The first kappa shape index (κ1) is 25.6. The molecule has 0 unspecified atom stereocenters. The quantitative estimate of drug-likeness (QED) is 0.767. The first-order valence-electron chi connectivity index (χ1n) is 5.23. The van der Waals surface area contributed by atoms with Gasteiger partial charge in [-0.2, -0.15) is 0 Å². The monoisotopic (exact) mass is 266 g/mol. The molecule has 18 heavy (non-hydrogen) atoms. The predicted molar refractivity (Wildman–Crippen MR) is 70.1 cm³/mol. The van der Waals surface area contributed by atoms with Crippen molar-refractivity contribution in [2.45, 2.75) is 54.4 Å². The highest BCUT2D eigenvalue weighted by atomic mass is 16.4. The van der Waals surface area contributed by atoms with E-state index in [1.165, 1.54) is 0 Å². The predicted octanol–water partition coefficient (Wildman–Crippen LogP) is 1.10. The summed E-state index contributed by atoms with van der Waals surface area (Å²) in [5.74, 6) is -1.95. The van der Waals surface area contributed by atoms with Crippen LogP contribution in [0.5, 0.6) is 0 Å². The molecule has 6 nitrogen and oxygen atoms in total. The minimum Gasteiger partial charge on any atom is -0.550 e. The van der Waals surface area contributed by atoms with E-state index < -0.39 is 11.9 Å². The normalized spacial score (nSPS) is 10.1. The Labute approximate surface area is 110 Å². The Balaban J connectivity index is -0.0000000980. The molecule has 0 aliphatic heterocycles. The maximum atomic E-state index is 9.90. The molecule has 0 rings (SSSR count). The first-order chi connectivity index (χ1) is 6.83. The molecule has 0 bridgehead atoms. The number of hydrogen-bond donors (Lipinski definition) is 2. The Kier molecular flexibility index (Phi) is 14.0. The molecule has 0 radical (unpaired) electrons. The molecule has 0 aromatic carbocycles. The molecule has 0 aromatic heterocycles. The van der Waals surface area contributed by atoms with Crippen molar-refractivity contribution in [2.24, 2.45) is 10.8 Å². The highest BCUT2D eigenvalue weighted by molar-refractivity contribution is 5.65. The van der Waals surface area contributed by atoms with E-state index in [0.29, 0.717) is 0 Å². The Morgan fingerprint density at radius 1 is 0.722 bits per heavy atom. The molecule has 0 saturated carbocycles. The molecule has 0 saturated heterocycles.